The number of hydrogen-bond donors (Lipinski definition) is 1. The van der Waals surface area contributed by atoms with Crippen molar-refractivity contribution in [3.05, 3.63) is 63.7 Å². The van der Waals surface area contributed by atoms with Crippen LogP contribution in [-0.2, 0) is 16.1 Å². The summed E-state index contributed by atoms with van der Waals surface area (Å²) in [7, 11) is 0. The van der Waals surface area contributed by atoms with Gasteiger partial charge in [-0.15, -0.1) is 0 Å². The van der Waals surface area contributed by atoms with Crippen LogP contribution in [0.4, 0.5) is 21.5 Å². The van der Waals surface area contributed by atoms with E-state index in [-0.39, 0.29) is 34.9 Å². The van der Waals surface area contributed by atoms with Crippen LogP contribution in [-0.4, -0.2) is 115 Å². The fourth-order valence-electron chi connectivity index (χ4n) is 8.11. The van der Waals surface area contributed by atoms with Gasteiger partial charge in [0.25, 0.3) is 11.6 Å². The number of benzene rings is 2. The van der Waals surface area contributed by atoms with Crippen molar-refractivity contribution in [2.45, 2.75) is 56.9 Å². The lowest BCUT2D eigenvalue weighted by Crippen LogP contribution is -2.58. The van der Waals surface area contributed by atoms with Crippen molar-refractivity contribution in [1.82, 2.24) is 20.0 Å². The van der Waals surface area contributed by atoms with E-state index in [9.17, 15) is 24.5 Å². The lowest BCUT2D eigenvalue weighted by molar-refractivity contribution is -0.384. The zero-order valence-corrected chi connectivity index (χ0v) is 26.6. The van der Waals surface area contributed by atoms with Crippen LogP contribution in [0.1, 0.15) is 48.0 Å². The topological polar surface area (TPSA) is 123 Å². The van der Waals surface area contributed by atoms with Gasteiger partial charge in [0.05, 0.1) is 4.92 Å². The van der Waals surface area contributed by atoms with Crippen molar-refractivity contribution < 1.29 is 23.7 Å². The number of piperidine rings is 3. The van der Waals surface area contributed by atoms with Crippen LogP contribution in [0.3, 0.4) is 0 Å². The Kier molecular flexibility index (Phi) is 8.84. The maximum Gasteiger partial charge on any atom is 0.269 e. The van der Waals surface area contributed by atoms with Gasteiger partial charge in [-0.05, 0) is 68.0 Å². The van der Waals surface area contributed by atoms with Crippen LogP contribution in [0.25, 0.3) is 0 Å². The number of piperazine rings is 1. The Labute approximate surface area is 273 Å². The largest absolute Gasteiger partial charge is 0.371 e. The van der Waals surface area contributed by atoms with Crippen molar-refractivity contribution in [3.63, 3.8) is 0 Å². The lowest BCUT2D eigenvalue weighted by Gasteiger charge is -2.45. The number of carbonyl (C=O) groups excluding carboxylic acids is 3. The van der Waals surface area contributed by atoms with E-state index in [0.717, 1.165) is 88.6 Å². The normalized spacial score (nSPS) is 26.4. The van der Waals surface area contributed by atoms with Crippen molar-refractivity contribution in [2.24, 2.45) is 5.92 Å². The van der Waals surface area contributed by atoms with E-state index in [4.69, 9.17) is 0 Å². The Morgan fingerprint density at radius 1 is 0.851 bits per heavy atom. The second-order valence-corrected chi connectivity index (χ2v) is 13.6. The number of nitro benzene ring substituents is 1. The highest BCUT2D eigenvalue weighted by Gasteiger charge is 2.40. The molecule has 0 saturated carbocycles. The zero-order valence-electron chi connectivity index (χ0n) is 26.6. The number of non-ortho nitro benzene ring substituents is 1. The predicted molar refractivity (Wildman–Crippen MR) is 174 cm³/mol. The second-order valence-electron chi connectivity index (χ2n) is 13.6. The number of halogens is 1. The minimum atomic E-state index is -0.890. The van der Waals surface area contributed by atoms with E-state index in [1.54, 1.807) is 17.0 Å². The van der Waals surface area contributed by atoms with E-state index < -0.39 is 18.1 Å². The summed E-state index contributed by atoms with van der Waals surface area (Å²) in [6.07, 6.45) is 2.54. The number of amides is 3. The molecule has 12 nitrogen and oxygen atoms in total. The third kappa shape index (κ3) is 6.55. The van der Waals surface area contributed by atoms with E-state index in [1.807, 2.05) is 12.1 Å². The average molecular weight is 648 g/mol. The zero-order chi connectivity index (χ0) is 32.7. The average Bonchev–Trinajstić information content (AvgIpc) is 3.40. The van der Waals surface area contributed by atoms with Crippen LogP contribution < -0.4 is 15.1 Å². The first-order valence-electron chi connectivity index (χ1n) is 16.9. The Morgan fingerprint density at radius 2 is 1.55 bits per heavy atom. The van der Waals surface area contributed by atoms with Crippen molar-refractivity contribution >= 4 is 34.8 Å². The summed E-state index contributed by atoms with van der Waals surface area (Å²) in [4.78, 5) is 58.5. The van der Waals surface area contributed by atoms with Gasteiger partial charge in [-0.2, -0.15) is 0 Å². The molecule has 47 heavy (non-hydrogen) atoms. The van der Waals surface area contributed by atoms with Gasteiger partial charge >= 0.3 is 0 Å². The number of hydrogen-bond acceptors (Lipinski definition) is 9. The highest BCUT2D eigenvalue weighted by atomic mass is 19.1. The smallest absolute Gasteiger partial charge is 0.269 e. The number of rotatable bonds is 7. The first kappa shape index (κ1) is 31.5. The SMILES string of the molecule is O=C1CCC(N2Cc3ccc(N4CCC(CN5CC[C@@H](N6CCN(c7ccc([N+](=O)[O-])cc7)CC6)[C@@H](F)C5)CC4)cc3C2=O)C(=O)N1. The van der Waals surface area contributed by atoms with Crippen LogP contribution in [0, 0.1) is 16.0 Å². The van der Waals surface area contributed by atoms with E-state index in [0.29, 0.717) is 31.0 Å². The molecule has 4 saturated heterocycles. The molecule has 0 aromatic heterocycles. The molecule has 13 heteroatoms. The molecule has 0 radical (unpaired) electrons. The molecule has 5 heterocycles. The lowest BCUT2D eigenvalue weighted by atomic mass is 9.93. The third-order valence-corrected chi connectivity index (χ3v) is 10.8. The molecule has 3 amide bonds. The summed E-state index contributed by atoms with van der Waals surface area (Å²) in [6.45, 7) is 7.51. The van der Waals surface area contributed by atoms with E-state index in [1.165, 1.54) is 12.1 Å². The van der Waals surface area contributed by atoms with Crippen molar-refractivity contribution in [1.29, 1.82) is 0 Å². The number of nitro groups is 1. The molecular weight excluding hydrogens is 605 g/mol. The molecule has 1 N–H and O–H groups in total. The van der Waals surface area contributed by atoms with Gasteiger partial charge in [0.1, 0.15) is 12.2 Å². The molecule has 5 aliphatic rings. The monoisotopic (exact) mass is 647 g/mol. The highest BCUT2D eigenvalue weighted by Crippen LogP contribution is 2.33. The summed E-state index contributed by atoms with van der Waals surface area (Å²) in [5, 5.41) is 13.3. The molecule has 1 unspecified atom stereocenters. The van der Waals surface area contributed by atoms with E-state index >= 15 is 4.39 Å². The molecule has 0 spiro atoms. The molecule has 2 aromatic carbocycles. The molecule has 7 rings (SSSR count). The molecule has 5 aliphatic heterocycles. The number of fused-ring (bicyclic) bond motifs is 1. The van der Waals surface area contributed by atoms with Gasteiger partial charge in [0.2, 0.25) is 11.8 Å². The first-order valence-corrected chi connectivity index (χ1v) is 16.9. The Bertz CT molecular complexity index is 1520. The van der Waals surface area contributed by atoms with Crippen LogP contribution in [0.15, 0.2) is 42.5 Å². The van der Waals surface area contributed by atoms with E-state index in [2.05, 4.69) is 31.0 Å². The van der Waals surface area contributed by atoms with Gasteiger partial charge in [-0.25, -0.2) is 4.39 Å². The summed E-state index contributed by atoms with van der Waals surface area (Å²) in [6, 6.07) is 12.0. The second kappa shape index (κ2) is 13.2. The molecule has 2 aromatic rings. The summed E-state index contributed by atoms with van der Waals surface area (Å²) >= 11 is 0. The number of alkyl halides is 1. The quantitative estimate of drug-likeness (QED) is 0.275. The van der Waals surface area contributed by atoms with Crippen LogP contribution >= 0.6 is 0 Å². The predicted octanol–water partition coefficient (Wildman–Crippen LogP) is 2.81. The van der Waals surface area contributed by atoms with Gasteiger partial charge in [0.15, 0.2) is 0 Å². The summed E-state index contributed by atoms with van der Waals surface area (Å²) in [5.41, 5.74) is 3.61. The third-order valence-electron chi connectivity index (χ3n) is 10.8. The highest BCUT2D eigenvalue weighted by molar-refractivity contribution is 6.05. The molecular formula is C34H42FN7O5. The summed E-state index contributed by atoms with van der Waals surface area (Å²) < 4.78 is 15.5. The molecule has 3 atom stereocenters. The number of anilines is 2. The number of likely N-dealkylation sites (tertiary alicyclic amines) is 1. The van der Waals surface area contributed by atoms with Crippen molar-refractivity contribution in [3.8, 4) is 0 Å². The number of carbonyl (C=O) groups is 3. The van der Waals surface area contributed by atoms with Crippen LogP contribution in [0.2, 0.25) is 0 Å². The van der Waals surface area contributed by atoms with Gasteiger partial charge < -0.3 is 19.6 Å². The Balaban J connectivity index is 0.860. The van der Waals surface area contributed by atoms with Crippen LogP contribution in [0.5, 0.6) is 0 Å². The number of imide groups is 1. The van der Waals surface area contributed by atoms with Gasteiger partial charge in [0, 0.05) is 100 Å². The maximum absolute atomic E-state index is 15.5. The molecule has 0 aliphatic carbocycles. The standard InChI is InChI=1S/C34H42FN7O5/c35-29-22-37(12-11-30(29)40-17-15-39(16-18-40)25-3-5-26(6-4-25)42(46)47)20-23-9-13-38(14-10-23)27-2-1-24-21-41(34(45)28(24)19-27)31-7-8-32(43)36-33(31)44/h1-6,19,23,29-31H,7-18,20-22H2,(H,36,43,44)/t29-,30+,31?/m0/s1. The summed E-state index contributed by atoms with van der Waals surface area (Å²) in [5.74, 6) is -0.336. The minimum Gasteiger partial charge on any atom is -0.371 e. The maximum atomic E-state index is 15.5. The fourth-order valence-corrected chi connectivity index (χ4v) is 8.11. The van der Waals surface area contributed by atoms with Gasteiger partial charge in [-0.3, -0.25) is 34.7 Å². The first-order chi connectivity index (χ1) is 22.7. The minimum absolute atomic E-state index is 0.0689. The Morgan fingerprint density at radius 3 is 2.23 bits per heavy atom. The van der Waals surface area contributed by atoms with Gasteiger partial charge in [-0.1, -0.05) is 6.07 Å². The molecule has 0 bridgehead atoms. The number of nitrogens with zero attached hydrogens (tertiary/aromatic N) is 6. The fraction of sp³-hybridized carbons (Fsp3) is 0.559. The molecule has 250 valence electrons. The Hall–Kier alpha value is -4.10. The number of nitrogens with one attached hydrogen (secondary N) is 1. The molecule has 4 fully saturated rings. The van der Waals surface area contributed by atoms with Crippen molar-refractivity contribution in [2.75, 3.05) is 68.7 Å².